The SMILES string of the molecule is CN1CCCCC1CNC(=O)c1cccnc1Cl. The Morgan fingerprint density at radius 1 is 1.61 bits per heavy atom. The summed E-state index contributed by atoms with van der Waals surface area (Å²) in [4.78, 5) is 18.2. The van der Waals surface area contributed by atoms with E-state index < -0.39 is 0 Å². The zero-order valence-corrected chi connectivity index (χ0v) is 11.3. The predicted molar refractivity (Wildman–Crippen MR) is 71.8 cm³/mol. The van der Waals surface area contributed by atoms with E-state index >= 15 is 0 Å². The number of nitrogens with one attached hydrogen (secondary N) is 1. The number of pyridine rings is 1. The van der Waals surface area contributed by atoms with Gasteiger partial charge in [-0.2, -0.15) is 0 Å². The fourth-order valence-corrected chi connectivity index (χ4v) is 2.47. The van der Waals surface area contributed by atoms with Crippen LogP contribution in [0.4, 0.5) is 0 Å². The van der Waals surface area contributed by atoms with E-state index in [4.69, 9.17) is 11.6 Å². The van der Waals surface area contributed by atoms with Crippen LogP contribution in [0, 0.1) is 0 Å². The predicted octanol–water partition coefficient (Wildman–Crippen LogP) is 1.95. The average molecular weight is 268 g/mol. The first-order valence-corrected chi connectivity index (χ1v) is 6.65. The number of hydrogen-bond acceptors (Lipinski definition) is 3. The molecule has 1 aliphatic rings. The standard InChI is InChI=1S/C13H18ClN3O/c1-17-8-3-2-5-10(17)9-16-13(18)11-6-4-7-15-12(11)14/h4,6-7,10H,2-3,5,8-9H2,1H3,(H,16,18). The molecule has 1 unspecified atom stereocenters. The average Bonchev–Trinajstić information content (AvgIpc) is 2.38. The lowest BCUT2D eigenvalue weighted by Gasteiger charge is -2.32. The molecule has 1 aliphatic heterocycles. The van der Waals surface area contributed by atoms with E-state index in [-0.39, 0.29) is 11.1 Å². The number of rotatable bonds is 3. The molecule has 1 saturated heterocycles. The number of likely N-dealkylation sites (tertiary alicyclic amines) is 1. The van der Waals surface area contributed by atoms with E-state index in [0.717, 1.165) is 13.0 Å². The molecule has 5 heteroatoms. The van der Waals surface area contributed by atoms with Crippen LogP contribution in [-0.2, 0) is 0 Å². The maximum Gasteiger partial charge on any atom is 0.254 e. The summed E-state index contributed by atoms with van der Waals surface area (Å²) >= 11 is 5.89. The molecule has 1 atom stereocenters. The molecule has 2 heterocycles. The summed E-state index contributed by atoms with van der Waals surface area (Å²) < 4.78 is 0. The number of nitrogens with zero attached hydrogens (tertiary/aromatic N) is 2. The van der Waals surface area contributed by atoms with Gasteiger partial charge in [0.05, 0.1) is 5.56 Å². The van der Waals surface area contributed by atoms with Crippen LogP contribution in [0.5, 0.6) is 0 Å². The maximum atomic E-state index is 12.0. The summed E-state index contributed by atoms with van der Waals surface area (Å²) in [6, 6.07) is 3.83. The Morgan fingerprint density at radius 3 is 3.17 bits per heavy atom. The Labute approximate surface area is 112 Å². The number of hydrogen-bond donors (Lipinski definition) is 1. The second-order valence-electron chi connectivity index (χ2n) is 4.68. The zero-order chi connectivity index (χ0) is 13.0. The quantitative estimate of drug-likeness (QED) is 0.852. The van der Waals surface area contributed by atoms with Gasteiger partial charge in [-0.3, -0.25) is 4.79 Å². The van der Waals surface area contributed by atoms with Crippen molar-refractivity contribution in [1.29, 1.82) is 0 Å². The Balaban J connectivity index is 1.90. The lowest BCUT2D eigenvalue weighted by molar-refractivity contribution is 0.0928. The first-order chi connectivity index (χ1) is 8.68. The van der Waals surface area contributed by atoms with Gasteiger partial charge in [-0.25, -0.2) is 4.98 Å². The molecule has 0 bridgehead atoms. The molecule has 2 rings (SSSR count). The molecular weight excluding hydrogens is 250 g/mol. The summed E-state index contributed by atoms with van der Waals surface area (Å²) in [5, 5.41) is 3.19. The summed E-state index contributed by atoms with van der Waals surface area (Å²) in [6.45, 7) is 1.77. The van der Waals surface area contributed by atoms with Crippen molar-refractivity contribution in [2.45, 2.75) is 25.3 Å². The second-order valence-corrected chi connectivity index (χ2v) is 5.04. The number of halogens is 1. The number of aromatic nitrogens is 1. The highest BCUT2D eigenvalue weighted by Crippen LogP contribution is 2.15. The van der Waals surface area contributed by atoms with E-state index in [1.165, 1.54) is 12.8 Å². The van der Waals surface area contributed by atoms with Crippen LogP contribution in [0.15, 0.2) is 18.3 Å². The van der Waals surface area contributed by atoms with Crippen molar-refractivity contribution in [3.8, 4) is 0 Å². The molecule has 1 fully saturated rings. The van der Waals surface area contributed by atoms with E-state index in [0.29, 0.717) is 18.2 Å². The van der Waals surface area contributed by atoms with Crippen molar-refractivity contribution in [2.24, 2.45) is 0 Å². The number of likely N-dealkylation sites (N-methyl/N-ethyl adjacent to an activating group) is 1. The van der Waals surface area contributed by atoms with Crippen LogP contribution in [0.3, 0.4) is 0 Å². The first-order valence-electron chi connectivity index (χ1n) is 6.27. The topological polar surface area (TPSA) is 45.2 Å². The third kappa shape index (κ3) is 3.21. The number of carbonyl (C=O) groups excluding carboxylic acids is 1. The van der Waals surface area contributed by atoms with Gasteiger partial charge in [0.15, 0.2) is 0 Å². The molecule has 1 amide bonds. The van der Waals surface area contributed by atoms with E-state index in [1.807, 2.05) is 0 Å². The highest BCUT2D eigenvalue weighted by molar-refractivity contribution is 6.32. The minimum absolute atomic E-state index is 0.146. The van der Waals surface area contributed by atoms with Crippen LogP contribution >= 0.6 is 11.6 Å². The molecule has 18 heavy (non-hydrogen) atoms. The minimum atomic E-state index is -0.146. The Kier molecular flexibility index (Phi) is 4.55. The number of piperidine rings is 1. The fourth-order valence-electron chi connectivity index (χ4n) is 2.26. The number of carbonyl (C=O) groups is 1. The van der Waals surface area contributed by atoms with Gasteiger partial charge in [0.25, 0.3) is 5.91 Å². The normalized spacial score (nSPS) is 20.7. The van der Waals surface area contributed by atoms with Crippen molar-refractivity contribution in [3.63, 3.8) is 0 Å². The smallest absolute Gasteiger partial charge is 0.254 e. The molecule has 1 N–H and O–H groups in total. The lowest BCUT2D eigenvalue weighted by Crippen LogP contribution is -2.44. The molecule has 1 aromatic rings. The largest absolute Gasteiger partial charge is 0.350 e. The minimum Gasteiger partial charge on any atom is -0.350 e. The van der Waals surface area contributed by atoms with Gasteiger partial charge in [-0.1, -0.05) is 18.0 Å². The van der Waals surface area contributed by atoms with Crippen LogP contribution in [-0.4, -0.2) is 42.0 Å². The summed E-state index contributed by atoms with van der Waals surface area (Å²) in [5.74, 6) is -0.146. The van der Waals surface area contributed by atoms with Crippen molar-refractivity contribution < 1.29 is 4.79 Å². The summed E-state index contributed by atoms with van der Waals surface area (Å²) in [7, 11) is 2.10. The third-order valence-electron chi connectivity index (χ3n) is 3.42. The lowest BCUT2D eigenvalue weighted by atomic mass is 10.0. The van der Waals surface area contributed by atoms with E-state index in [1.54, 1.807) is 18.3 Å². The van der Waals surface area contributed by atoms with Gasteiger partial charge in [0.2, 0.25) is 0 Å². The van der Waals surface area contributed by atoms with Crippen molar-refractivity contribution in [1.82, 2.24) is 15.2 Å². The summed E-state index contributed by atoms with van der Waals surface area (Å²) in [5.41, 5.74) is 0.442. The van der Waals surface area contributed by atoms with Gasteiger partial charge < -0.3 is 10.2 Å². The van der Waals surface area contributed by atoms with Gasteiger partial charge >= 0.3 is 0 Å². The molecule has 0 spiro atoms. The molecule has 0 radical (unpaired) electrons. The molecule has 0 aromatic carbocycles. The van der Waals surface area contributed by atoms with E-state index in [2.05, 4.69) is 22.2 Å². The maximum absolute atomic E-state index is 12.0. The Hall–Kier alpha value is -1.13. The van der Waals surface area contributed by atoms with Gasteiger partial charge in [0.1, 0.15) is 5.15 Å². The molecule has 98 valence electrons. The number of amides is 1. The third-order valence-corrected chi connectivity index (χ3v) is 3.72. The molecule has 4 nitrogen and oxygen atoms in total. The Morgan fingerprint density at radius 2 is 2.44 bits per heavy atom. The van der Waals surface area contributed by atoms with Gasteiger partial charge in [-0.05, 0) is 38.6 Å². The molecular formula is C13H18ClN3O. The van der Waals surface area contributed by atoms with E-state index in [9.17, 15) is 4.79 Å². The summed E-state index contributed by atoms with van der Waals surface area (Å²) in [6.07, 6.45) is 5.19. The Bertz CT molecular complexity index is 424. The van der Waals surface area contributed by atoms with Crippen LogP contribution in [0.1, 0.15) is 29.6 Å². The highest BCUT2D eigenvalue weighted by atomic mass is 35.5. The second kappa shape index (κ2) is 6.16. The zero-order valence-electron chi connectivity index (χ0n) is 10.5. The molecule has 0 saturated carbocycles. The monoisotopic (exact) mass is 267 g/mol. The molecule has 1 aromatic heterocycles. The van der Waals surface area contributed by atoms with Crippen molar-refractivity contribution >= 4 is 17.5 Å². The van der Waals surface area contributed by atoms with Crippen LogP contribution < -0.4 is 5.32 Å². The van der Waals surface area contributed by atoms with Gasteiger partial charge in [-0.15, -0.1) is 0 Å². The molecule has 0 aliphatic carbocycles. The fraction of sp³-hybridized carbons (Fsp3) is 0.538. The van der Waals surface area contributed by atoms with Crippen molar-refractivity contribution in [3.05, 3.63) is 29.0 Å². The van der Waals surface area contributed by atoms with Crippen molar-refractivity contribution in [2.75, 3.05) is 20.1 Å². The van der Waals surface area contributed by atoms with Crippen LogP contribution in [0.2, 0.25) is 5.15 Å². The van der Waals surface area contributed by atoms with Crippen LogP contribution in [0.25, 0.3) is 0 Å². The first kappa shape index (κ1) is 13.3. The van der Waals surface area contributed by atoms with Gasteiger partial charge in [0, 0.05) is 18.8 Å². The highest BCUT2D eigenvalue weighted by Gasteiger charge is 2.20.